The molecule has 5 nitrogen and oxygen atoms in total. The third kappa shape index (κ3) is 4.16. The van der Waals surface area contributed by atoms with E-state index in [0.717, 1.165) is 6.42 Å². The molecule has 2 N–H and O–H groups in total. The Morgan fingerprint density at radius 3 is 2.61 bits per heavy atom. The van der Waals surface area contributed by atoms with Gasteiger partial charge in [0, 0.05) is 25.3 Å². The van der Waals surface area contributed by atoms with Crippen molar-refractivity contribution in [2.75, 3.05) is 13.6 Å². The van der Waals surface area contributed by atoms with E-state index in [1.165, 1.54) is 18.3 Å². The van der Waals surface area contributed by atoms with E-state index < -0.39 is 0 Å². The van der Waals surface area contributed by atoms with Gasteiger partial charge in [-0.1, -0.05) is 13.8 Å². The molecule has 0 bridgehead atoms. The van der Waals surface area contributed by atoms with Gasteiger partial charge in [-0.25, -0.2) is 9.37 Å². The maximum absolute atomic E-state index is 13.0. The highest BCUT2D eigenvalue weighted by molar-refractivity contribution is 5.92. The highest BCUT2D eigenvalue weighted by Crippen LogP contribution is 2.14. The predicted molar refractivity (Wildman–Crippen MR) is 87.9 cm³/mol. The Kier molecular flexibility index (Phi) is 5.50. The molecule has 1 aromatic carbocycles. The number of nitrogens with two attached hydrogens (primary N) is 1. The minimum atomic E-state index is -0.318. The molecule has 2 rings (SSSR count). The summed E-state index contributed by atoms with van der Waals surface area (Å²) >= 11 is 0. The van der Waals surface area contributed by atoms with Crippen LogP contribution in [0.15, 0.2) is 36.8 Å². The number of benzene rings is 1. The second-order valence-electron chi connectivity index (χ2n) is 6.05. The number of hydrogen-bond acceptors (Lipinski definition) is 3. The van der Waals surface area contributed by atoms with Crippen molar-refractivity contribution in [3.8, 4) is 5.69 Å². The molecule has 1 unspecified atom stereocenters. The summed E-state index contributed by atoms with van der Waals surface area (Å²) in [6.45, 7) is 4.71. The maximum Gasteiger partial charge on any atom is 0.272 e. The van der Waals surface area contributed by atoms with Gasteiger partial charge in [0.1, 0.15) is 11.5 Å². The molecule has 0 aliphatic rings. The van der Waals surface area contributed by atoms with Crippen molar-refractivity contribution in [2.24, 2.45) is 11.7 Å². The van der Waals surface area contributed by atoms with Gasteiger partial charge in [-0.3, -0.25) is 9.36 Å². The van der Waals surface area contributed by atoms with Gasteiger partial charge < -0.3 is 10.6 Å². The molecule has 0 fully saturated rings. The Morgan fingerprint density at radius 2 is 2.00 bits per heavy atom. The molecule has 0 aliphatic carbocycles. The zero-order valence-corrected chi connectivity index (χ0v) is 13.7. The third-order valence-corrected chi connectivity index (χ3v) is 3.96. The van der Waals surface area contributed by atoms with E-state index in [-0.39, 0.29) is 17.8 Å². The zero-order chi connectivity index (χ0) is 17.0. The van der Waals surface area contributed by atoms with Crippen molar-refractivity contribution >= 4 is 5.91 Å². The number of carbonyl (C=O) groups is 1. The quantitative estimate of drug-likeness (QED) is 0.890. The number of nitrogens with zero attached hydrogens (tertiary/aromatic N) is 3. The first kappa shape index (κ1) is 17.1. The fraction of sp³-hybridized carbons (Fsp3) is 0.412. The van der Waals surface area contributed by atoms with Crippen LogP contribution in [0.4, 0.5) is 4.39 Å². The molecule has 0 saturated carbocycles. The van der Waals surface area contributed by atoms with Gasteiger partial charge in [0.05, 0.1) is 12.5 Å². The van der Waals surface area contributed by atoms with Crippen LogP contribution >= 0.6 is 0 Å². The first-order chi connectivity index (χ1) is 10.9. The number of aromatic nitrogens is 2. The molecule has 2 aromatic rings. The summed E-state index contributed by atoms with van der Waals surface area (Å²) in [5, 5.41) is 0. The summed E-state index contributed by atoms with van der Waals surface area (Å²) in [5.41, 5.74) is 7.16. The second kappa shape index (κ2) is 7.37. The van der Waals surface area contributed by atoms with Gasteiger partial charge in [0.15, 0.2) is 0 Å². The number of halogens is 1. The van der Waals surface area contributed by atoms with Gasteiger partial charge in [-0.05, 0) is 36.6 Å². The Bertz CT molecular complexity index is 651. The Balaban J connectivity index is 2.11. The fourth-order valence-corrected chi connectivity index (χ4v) is 2.23. The van der Waals surface area contributed by atoms with Crippen molar-refractivity contribution in [1.29, 1.82) is 0 Å². The summed E-state index contributed by atoms with van der Waals surface area (Å²) in [5.74, 6) is -0.0763. The minimum Gasteiger partial charge on any atom is -0.340 e. The number of amides is 1. The molecule has 1 aromatic heterocycles. The lowest BCUT2D eigenvalue weighted by atomic mass is 10.0. The molecule has 0 aliphatic heterocycles. The van der Waals surface area contributed by atoms with E-state index in [1.54, 1.807) is 35.0 Å². The minimum absolute atomic E-state index is 0.0623. The van der Waals surface area contributed by atoms with Gasteiger partial charge in [0.2, 0.25) is 0 Å². The van der Waals surface area contributed by atoms with Crippen LogP contribution in [0.5, 0.6) is 0 Å². The van der Waals surface area contributed by atoms with Gasteiger partial charge in [0.25, 0.3) is 5.91 Å². The average Bonchev–Trinajstić information content (AvgIpc) is 3.01. The van der Waals surface area contributed by atoms with E-state index in [2.05, 4.69) is 18.8 Å². The highest BCUT2D eigenvalue weighted by Gasteiger charge is 2.18. The summed E-state index contributed by atoms with van der Waals surface area (Å²) < 4.78 is 14.7. The van der Waals surface area contributed by atoms with Crippen LogP contribution < -0.4 is 5.73 Å². The molecule has 23 heavy (non-hydrogen) atoms. The lowest BCUT2D eigenvalue weighted by Crippen LogP contribution is -2.35. The number of rotatable bonds is 6. The van der Waals surface area contributed by atoms with Crippen LogP contribution in [0.3, 0.4) is 0 Å². The van der Waals surface area contributed by atoms with Crippen molar-refractivity contribution in [1.82, 2.24) is 14.5 Å². The molecule has 0 radical (unpaired) electrons. The molecule has 1 amide bonds. The number of imidazole rings is 1. The molecule has 0 saturated heterocycles. The summed E-state index contributed by atoms with van der Waals surface area (Å²) in [6.07, 6.45) is 3.81. The van der Waals surface area contributed by atoms with E-state index in [4.69, 9.17) is 5.73 Å². The van der Waals surface area contributed by atoms with Crippen LogP contribution in [-0.2, 0) is 0 Å². The van der Waals surface area contributed by atoms with Gasteiger partial charge >= 0.3 is 0 Å². The third-order valence-electron chi connectivity index (χ3n) is 3.96. The summed E-state index contributed by atoms with van der Waals surface area (Å²) in [6, 6.07) is 6.00. The standard InChI is InChI=1S/C17H23FN4O/c1-12(2)15(19)8-9-21(3)17(23)16-10-20-11-22(16)14-6-4-13(18)5-7-14/h4-7,10-12,15H,8-9,19H2,1-3H3. The monoisotopic (exact) mass is 318 g/mol. The lowest BCUT2D eigenvalue weighted by Gasteiger charge is -2.22. The van der Waals surface area contributed by atoms with Crippen molar-refractivity contribution < 1.29 is 9.18 Å². The predicted octanol–water partition coefficient (Wildman–Crippen LogP) is 2.46. The maximum atomic E-state index is 13.0. The first-order valence-corrected chi connectivity index (χ1v) is 7.69. The van der Waals surface area contributed by atoms with Gasteiger partial charge in [-0.15, -0.1) is 0 Å². The highest BCUT2D eigenvalue weighted by atomic mass is 19.1. The van der Waals surface area contributed by atoms with Crippen molar-refractivity contribution in [3.05, 3.63) is 48.3 Å². The normalized spacial score (nSPS) is 12.4. The Morgan fingerprint density at radius 1 is 1.35 bits per heavy atom. The second-order valence-corrected chi connectivity index (χ2v) is 6.05. The average molecular weight is 318 g/mol. The molecule has 124 valence electrons. The topological polar surface area (TPSA) is 64.2 Å². The molecular weight excluding hydrogens is 295 g/mol. The van der Waals surface area contributed by atoms with Crippen molar-refractivity contribution in [2.45, 2.75) is 26.3 Å². The number of carbonyl (C=O) groups excluding carboxylic acids is 1. The first-order valence-electron chi connectivity index (χ1n) is 7.69. The molecule has 0 spiro atoms. The van der Waals surface area contributed by atoms with Crippen LogP contribution in [0, 0.1) is 11.7 Å². The largest absolute Gasteiger partial charge is 0.340 e. The number of hydrogen-bond donors (Lipinski definition) is 1. The SMILES string of the molecule is CC(C)C(N)CCN(C)C(=O)c1cncn1-c1ccc(F)cc1. The van der Waals surface area contributed by atoms with Crippen LogP contribution in [-0.4, -0.2) is 40.0 Å². The fourth-order valence-electron chi connectivity index (χ4n) is 2.23. The summed E-state index contributed by atoms with van der Waals surface area (Å²) in [7, 11) is 1.75. The zero-order valence-electron chi connectivity index (χ0n) is 13.7. The molecular formula is C17H23FN4O. The van der Waals surface area contributed by atoms with Gasteiger partial charge in [-0.2, -0.15) is 0 Å². The molecule has 1 heterocycles. The molecule has 1 atom stereocenters. The van der Waals surface area contributed by atoms with Crippen molar-refractivity contribution in [3.63, 3.8) is 0 Å². The smallest absolute Gasteiger partial charge is 0.272 e. The van der Waals surface area contributed by atoms with Crippen LogP contribution in [0.2, 0.25) is 0 Å². The van der Waals surface area contributed by atoms with Crippen LogP contribution in [0.1, 0.15) is 30.8 Å². The van der Waals surface area contributed by atoms with E-state index in [1.807, 2.05) is 0 Å². The summed E-state index contributed by atoms with van der Waals surface area (Å²) in [4.78, 5) is 18.3. The van der Waals surface area contributed by atoms with Crippen LogP contribution in [0.25, 0.3) is 5.69 Å². The lowest BCUT2D eigenvalue weighted by molar-refractivity contribution is 0.0781. The van der Waals surface area contributed by atoms with E-state index >= 15 is 0 Å². The van der Waals surface area contributed by atoms with E-state index in [0.29, 0.717) is 23.8 Å². The molecule has 6 heteroatoms. The van der Waals surface area contributed by atoms with E-state index in [9.17, 15) is 9.18 Å². The Hall–Kier alpha value is -2.21. The Labute approximate surface area is 135 Å².